The number of nitrogen functional groups attached to an aromatic ring is 1. The molecule has 0 aliphatic carbocycles. The fraction of sp³-hybridized carbons (Fsp3) is 0.263. The number of methoxy groups -OCH3 is 1. The number of hydrogen-bond acceptors (Lipinski definition) is 8. The first-order valence-electron chi connectivity index (χ1n) is 8.81. The monoisotopic (exact) mass is 383 g/mol. The number of nitrogens with zero attached hydrogens (tertiary/aromatic N) is 2. The van der Waals surface area contributed by atoms with Gasteiger partial charge < -0.3 is 30.0 Å². The van der Waals surface area contributed by atoms with E-state index in [9.17, 15) is 10.0 Å². The van der Waals surface area contributed by atoms with Crippen molar-refractivity contribution in [2.24, 2.45) is 0 Å². The molecule has 1 heterocycles. The van der Waals surface area contributed by atoms with Crippen LogP contribution in [-0.4, -0.2) is 60.9 Å². The minimum atomic E-state index is -1.58. The molecular formula is C19H22BN3O5. The maximum atomic E-state index is 9.53. The molecular weight excluding hydrogens is 361 g/mol. The normalized spacial score (nSPS) is 11.0. The van der Waals surface area contributed by atoms with Gasteiger partial charge in [-0.15, -0.1) is 0 Å². The Morgan fingerprint density at radius 1 is 1.04 bits per heavy atom. The highest BCUT2D eigenvalue weighted by molar-refractivity contribution is 6.58. The van der Waals surface area contributed by atoms with Gasteiger partial charge in [-0.1, -0.05) is 18.2 Å². The second kappa shape index (κ2) is 9.47. The third-order valence-electron chi connectivity index (χ3n) is 4.20. The van der Waals surface area contributed by atoms with Crippen LogP contribution in [0.3, 0.4) is 0 Å². The lowest BCUT2D eigenvalue weighted by molar-refractivity contribution is 0.0545. The van der Waals surface area contributed by atoms with Crippen LogP contribution in [-0.2, 0) is 9.47 Å². The van der Waals surface area contributed by atoms with Crippen LogP contribution in [0.4, 0.5) is 5.69 Å². The highest BCUT2D eigenvalue weighted by Crippen LogP contribution is 2.32. The summed E-state index contributed by atoms with van der Waals surface area (Å²) >= 11 is 0. The van der Waals surface area contributed by atoms with Crippen LogP contribution in [0.25, 0.3) is 22.0 Å². The predicted molar refractivity (Wildman–Crippen MR) is 107 cm³/mol. The van der Waals surface area contributed by atoms with Gasteiger partial charge >= 0.3 is 7.12 Å². The largest absolute Gasteiger partial charge is 0.491 e. The molecule has 0 bridgehead atoms. The summed E-state index contributed by atoms with van der Waals surface area (Å²) in [6, 6.07) is 10.6. The number of ether oxygens (including phenoxy) is 3. The molecule has 0 amide bonds. The zero-order chi connectivity index (χ0) is 19.9. The van der Waals surface area contributed by atoms with Crippen LogP contribution in [0.1, 0.15) is 0 Å². The van der Waals surface area contributed by atoms with Gasteiger partial charge in [0.05, 0.1) is 37.2 Å². The minimum absolute atomic E-state index is 0.345. The second-order valence-electron chi connectivity index (χ2n) is 6.11. The fourth-order valence-electron chi connectivity index (χ4n) is 2.76. The first kappa shape index (κ1) is 20.0. The quantitative estimate of drug-likeness (QED) is 0.363. The van der Waals surface area contributed by atoms with Gasteiger partial charge in [-0.25, -0.2) is 0 Å². The summed E-state index contributed by atoms with van der Waals surface area (Å²) in [5.41, 5.74) is 8.98. The van der Waals surface area contributed by atoms with Gasteiger partial charge in [0.1, 0.15) is 12.4 Å². The average molecular weight is 383 g/mol. The van der Waals surface area contributed by atoms with E-state index < -0.39 is 7.12 Å². The van der Waals surface area contributed by atoms with E-state index in [2.05, 4.69) is 10.2 Å². The van der Waals surface area contributed by atoms with Crippen LogP contribution in [0.5, 0.6) is 5.75 Å². The molecule has 2 aromatic carbocycles. The Morgan fingerprint density at radius 2 is 1.86 bits per heavy atom. The Kier molecular flexibility index (Phi) is 6.78. The van der Waals surface area contributed by atoms with E-state index in [-0.39, 0.29) is 0 Å². The van der Waals surface area contributed by atoms with Gasteiger partial charge in [0.2, 0.25) is 0 Å². The molecule has 9 heteroatoms. The number of fused-ring (bicyclic) bond motifs is 1. The van der Waals surface area contributed by atoms with E-state index in [1.165, 1.54) is 6.20 Å². The van der Waals surface area contributed by atoms with E-state index in [1.807, 2.05) is 18.2 Å². The van der Waals surface area contributed by atoms with Crippen molar-refractivity contribution in [3.8, 4) is 16.9 Å². The van der Waals surface area contributed by atoms with Crippen molar-refractivity contribution in [2.75, 3.05) is 39.3 Å². The molecule has 0 spiro atoms. The Labute approximate surface area is 163 Å². The van der Waals surface area contributed by atoms with Gasteiger partial charge in [-0.05, 0) is 29.2 Å². The van der Waals surface area contributed by atoms with Crippen molar-refractivity contribution in [1.29, 1.82) is 0 Å². The summed E-state index contributed by atoms with van der Waals surface area (Å²) in [5, 5.41) is 27.9. The van der Waals surface area contributed by atoms with Gasteiger partial charge in [0.15, 0.2) is 0 Å². The highest BCUT2D eigenvalue weighted by atomic mass is 16.5. The third kappa shape index (κ3) is 4.76. The first-order valence-corrected chi connectivity index (χ1v) is 8.81. The van der Waals surface area contributed by atoms with Gasteiger partial charge in [-0.2, -0.15) is 10.2 Å². The zero-order valence-corrected chi connectivity index (χ0v) is 15.5. The molecule has 0 atom stereocenters. The molecule has 0 radical (unpaired) electrons. The predicted octanol–water partition coefficient (Wildman–Crippen LogP) is 0.601. The molecule has 0 saturated heterocycles. The van der Waals surface area contributed by atoms with Crippen LogP contribution in [0.15, 0.2) is 42.6 Å². The second-order valence-corrected chi connectivity index (χ2v) is 6.11. The highest BCUT2D eigenvalue weighted by Gasteiger charge is 2.16. The van der Waals surface area contributed by atoms with Crippen LogP contribution < -0.4 is 15.9 Å². The summed E-state index contributed by atoms with van der Waals surface area (Å²) in [6.07, 6.45) is 1.50. The van der Waals surface area contributed by atoms with Crippen molar-refractivity contribution in [3.05, 3.63) is 42.6 Å². The lowest BCUT2D eigenvalue weighted by Gasteiger charge is -2.14. The van der Waals surface area contributed by atoms with Gasteiger partial charge in [0.25, 0.3) is 0 Å². The van der Waals surface area contributed by atoms with Crippen molar-refractivity contribution in [3.63, 3.8) is 0 Å². The molecule has 28 heavy (non-hydrogen) atoms. The molecule has 0 unspecified atom stereocenters. The number of aromatic nitrogens is 2. The molecule has 0 aliphatic rings. The van der Waals surface area contributed by atoms with Gasteiger partial charge in [0, 0.05) is 18.1 Å². The Bertz CT molecular complexity index is 939. The molecule has 3 aromatic rings. The van der Waals surface area contributed by atoms with E-state index in [1.54, 1.807) is 25.3 Å². The van der Waals surface area contributed by atoms with Crippen LogP contribution in [0.2, 0.25) is 0 Å². The van der Waals surface area contributed by atoms with Crippen molar-refractivity contribution in [1.82, 2.24) is 10.2 Å². The molecule has 4 N–H and O–H groups in total. The molecule has 8 nitrogen and oxygen atoms in total. The fourth-order valence-corrected chi connectivity index (χ4v) is 2.76. The number of rotatable bonds is 9. The summed E-state index contributed by atoms with van der Waals surface area (Å²) in [6.45, 7) is 1.77. The van der Waals surface area contributed by atoms with Gasteiger partial charge in [-0.3, -0.25) is 0 Å². The Morgan fingerprint density at radius 3 is 2.64 bits per heavy atom. The zero-order valence-electron chi connectivity index (χ0n) is 15.5. The van der Waals surface area contributed by atoms with Crippen molar-refractivity contribution < 1.29 is 24.3 Å². The lowest BCUT2D eigenvalue weighted by atomic mass is 9.79. The summed E-state index contributed by atoms with van der Waals surface area (Å²) in [5.74, 6) is 0.593. The average Bonchev–Trinajstić information content (AvgIpc) is 2.70. The Balaban J connectivity index is 1.88. The molecule has 1 aromatic heterocycles. The summed E-state index contributed by atoms with van der Waals surface area (Å²) in [7, 11) is 0.0336. The molecule has 0 fully saturated rings. The first-order chi connectivity index (χ1) is 13.6. The number of benzene rings is 2. The van der Waals surface area contributed by atoms with Crippen LogP contribution >= 0.6 is 0 Å². The number of nitrogens with two attached hydrogens (primary N) is 1. The maximum Gasteiger partial charge on any atom is 0.488 e. The van der Waals surface area contributed by atoms with E-state index in [4.69, 9.17) is 19.9 Å². The van der Waals surface area contributed by atoms with Crippen molar-refractivity contribution >= 4 is 29.2 Å². The van der Waals surface area contributed by atoms with Crippen LogP contribution in [0, 0.1) is 0 Å². The number of anilines is 1. The van der Waals surface area contributed by atoms with Crippen molar-refractivity contribution in [2.45, 2.75) is 0 Å². The maximum absolute atomic E-state index is 9.53. The topological polar surface area (TPSA) is 120 Å². The minimum Gasteiger partial charge on any atom is -0.491 e. The standard InChI is InChI=1S/C19H22BN3O5/c1-26-6-7-27-8-9-28-19-5-3-14(20(24)25)11-16(19)13-2-4-15-17(21)12-22-23-18(15)10-13/h2-5,10-12,24-25H,6-9H2,1H3,(H2,21,23). The smallest absolute Gasteiger partial charge is 0.488 e. The third-order valence-corrected chi connectivity index (χ3v) is 4.20. The Hall–Kier alpha value is -2.72. The van der Waals surface area contributed by atoms with E-state index in [0.717, 1.165) is 10.9 Å². The van der Waals surface area contributed by atoms with E-state index in [0.29, 0.717) is 54.4 Å². The van der Waals surface area contributed by atoms with E-state index >= 15 is 0 Å². The summed E-state index contributed by atoms with van der Waals surface area (Å²) in [4.78, 5) is 0. The molecule has 3 rings (SSSR count). The SMILES string of the molecule is COCCOCCOc1ccc(B(O)O)cc1-c1ccc2c(N)cnnc2c1. The molecule has 0 saturated carbocycles. The lowest BCUT2D eigenvalue weighted by Crippen LogP contribution is -2.29. The number of hydrogen-bond donors (Lipinski definition) is 3. The molecule has 0 aliphatic heterocycles. The summed E-state index contributed by atoms with van der Waals surface area (Å²) < 4.78 is 16.2. The molecule has 146 valence electrons.